The Bertz CT molecular complexity index is 312. The van der Waals surface area contributed by atoms with E-state index in [0.29, 0.717) is 0 Å². The summed E-state index contributed by atoms with van der Waals surface area (Å²) in [6.07, 6.45) is 0. The third kappa shape index (κ3) is 3.84. The second-order valence-electron chi connectivity index (χ2n) is 4.29. The Kier molecular flexibility index (Phi) is 4.61. The molecule has 0 radical (unpaired) electrons. The molecule has 0 bridgehead atoms. The van der Waals surface area contributed by atoms with Crippen LogP contribution < -0.4 is 5.32 Å². The molecular weight excluding hydrogens is 209 g/mol. The van der Waals surface area contributed by atoms with Crippen molar-refractivity contribution in [3.05, 3.63) is 35.6 Å². The van der Waals surface area contributed by atoms with Gasteiger partial charge in [-0.15, -0.1) is 0 Å². The molecule has 0 unspecified atom stereocenters. The molecule has 0 aliphatic rings. The third-order valence-corrected chi connectivity index (χ3v) is 2.69. The van der Waals surface area contributed by atoms with Crippen molar-refractivity contribution < 1.29 is 4.39 Å². The molecule has 0 aromatic heterocycles. The normalized spacial score (nSPS) is 11.7. The maximum absolute atomic E-state index is 13.1. The van der Waals surface area contributed by atoms with Crippen LogP contribution >= 0.6 is 12.6 Å². The summed E-state index contributed by atoms with van der Waals surface area (Å²) in [5.41, 5.74) is 0.972. The summed E-state index contributed by atoms with van der Waals surface area (Å²) in [6, 6.07) is 6.79. The summed E-state index contributed by atoms with van der Waals surface area (Å²) in [5.74, 6) is 0.647. The topological polar surface area (TPSA) is 12.0 Å². The lowest BCUT2D eigenvalue weighted by molar-refractivity contribution is 0.475. The van der Waals surface area contributed by atoms with Crippen LogP contribution in [0.1, 0.15) is 19.4 Å². The number of benzene rings is 1. The van der Waals surface area contributed by atoms with E-state index in [2.05, 4.69) is 31.8 Å². The lowest BCUT2D eigenvalue weighted by Crippen LogP contribution is -2.34. The minimum Gasteiger partial charge on any atom is -0.315 e. The predicted octanol–water partition coefficient (Wildman–Crippen LogP) is 2.62. The summed E-state index contributed by atoms with van der Waals surface area (Å²) in [6.45, 7) is 5.92. The van der Waals surface area contributed by atoms with Crippen LogP contribution in [0.15, 0.2) is 24.3 Å². The Morgan fingerprint density at radius 1 is 1.40 bits per heavy atom. The third-order valence-electron chi connectivity index (χ3n) is 2.46. The van der Waals surface area contributed by atoms with Crippen molar-refractivity contribution in [3.8, 4) is 0 Å². The summed E-state index contributed by atoms with van der Waals surface area (Å²) in [5, 5.41) is 3.29. The van der Waals surface area contributed by atoms with E-state index in [-0.39, 0.29) is 11.2 Å². The van der Waals surface area contributed by atoms with Crippen LogP contribution in [0.5, 0.6) is 0 Å². The molecule has 0 atom stereocenters. The van der Waals surface area contributed by atoms with Crippen LogP contribution in [0.4, 0.5) is 4.39 Å². The van der Waals surface area contributed by atoms with Crippen LogP contribution in [0.2, 0.25) is 0 Å². The van der Waals surface area contributed by atoms with Gasteiger partial charge in [0.15, 0.2) is 0 Å². The van der Waals surface area contributed by atoms with Crippen LogP contribution in [0.3, 0.4) is 0 Å². The van der Waals surface area contributed by atoms with Crippen molar-refractivity contribution in [2.45, 2.75) is 19.3 Å². The minimum atomic E-state index is -0.172. The first-order valence-corrected chi connectivity index (χ1v) is 5.77. The second-order valence-corrected chi connectivity index (χ2v) is 4.74. The van der Waals surface area contributed by atoms with Gasteiger partial charge >= 0.3 is 0 Å². The monoisotopic (exact) mass is 227 g/mol. The van der Waals surface area contributed by atoms with E-state index in [1.54, 1.807) is 12.1 Å². The van der Waals surface area contributed by atoms with E-state index in [1.165, 1.54) is 6.07 Å². The number of thiol groups is 1. The molecule has 0 saturated heterocycles. The Balaban J connectivity index is 2.67. The van der Waals surface area contributed by atoms with Gasteiger partial charge in [-0.05, 0) is 17.7 Å². The molecule has 1 N–H and O–H groups in total. The molecule has 0 saturated carbocycles. The molecule has 84 valence electrons. The summed E-state index contributed by atoms with van der Waals surface area (Å²) in [4.78, 5) is 0. The fraction of sp³-hybridized carbons (Fsp3) is 0.500. The van der Waals surface area contributed by atoms with Crippen molar-refractivity contribution in [1.29, 1.82) is 0 Å². The zero-order valence-corrected chi connectivity index (χ0v) is 10.2. The Labute approximate surface area is 96.5 Å². The second kappa shape index (κ2) is 5.52. The van der Waals surface area contributed by atoms with Gasteiger partial charge in [0.2, 0.25) is 0 Å². The molecule has 1 nitrogen and oxygen atoms in total. The first-order chi connectivity index (χ1) is 7.06. The van der Waals surface area contributed by atoms with E-state index in [9.17, 15) is 4.39 Å². The molecule has 15 heavy (non-hydrogen) atoms. The fourth-order valence-corrected chi connectivity index (χ4v) is 1.65. The van der Waals surface area contributed by atoms with Gasteiger partial charge in [0.25, 0.3) is 0 Å². The molecule has 1 aromatic rings. The largest absolute Gasteiger partial charge is 0.315 e. The van der Waals surface area contributed by atoms with Crippen molar-refractivity contribution in [3.63, 3.8) is 0 Å². The Hall–Kier alpha value is -0.540. The van der Waals surface area contributed by atoms with Crippen molar-refractivity contribution >= 4 is 12.6 Å². The highest BCUT2D eigenvalue weighted by molar-refractivity contribution is 7.80. The van der Waals surface area contributed by atoms with Gasteiger partial charge in [-0.25, -0.2) is 4.39 Å². The molecule has 0 fully saturated rings. The molecule has 3 heteroatoms. The quantitative estimate of drug-likeness (QED) is 0.582. The zero-order valence-electron chi connectivity index (χ0n) is 9.26. The fourth-order valence-electron chi connectivity index (χ4n) is 1.49. The number of hydrogen-bond donors (Lipinski definition) is 2. The van der Waals surface area contributed by atoms with Gasteiger partial charge < -0.3 is 5.32 Å². The number of halogens is 1. The Morgan fingerprint density at radius 3 is 2.73 bits per heavy atom. The molecule has 0 aliphatic heterocycles. The molecule has 0 amide bonds. The van der Waals surface area contributed by atoms with Crippen LogP contribution in [-0.2, 0) is 5.41 Å². The molecule has 0 heterocycles. The first-order valence-electron chi connectivity index (χ1n) is 5.14. The average Bonchev–Trinajstić information content (AvgIpc) is 2.18. The highest BCUT2D eigenvalue weighted by atomic mass is 32.1. The highest BCUT2D eigenvalue weighted by Gasteiger charge is 2.20. The first kappa shape index (κ1) is 12.5. The van der Waals surface area contributed by atoms with Gasteiger partial charge in [-0.3, -0.25) is 0 Å². The zero-order chi connectivity index (χ0) is 11.3. The van der Waals surface area contributed by atoms with Crippen molar-refractivity contribution in [2.24, 2.45) is 0 Å². The number of nitrogens with one attached hydrogen (secondary N) is 1. The SMILES string of the molecule is CC(C)(CNCCS)c1cccc(F)c1. The van der Waals surface area contributed by atoms with Gasteiger partial charge in [-0.1, -0.05) is 26.0 Å². The van der Waals surface area contributed by atoms with Gasteiger partial charge in [-0.2, -0.15) is 12.6 Å². The van der Waals surface area contributed by atoms with Gasteiger partial charge in [0.05, 0.1) is 0 Å². The standard InChI is InChI=1S/C12H18FNS/c1-12(2,9-14-6-7-15)10-4-3-5-11(13)8-10/h3-5,8,14-15H,6-7,9H2,1-2H3. The molecule has 1 rings (SSSR count). The number of rotatable bonds is 5. The maximum atomic E-state index is 13.1. The van der Waals surface area contributed by atoms with Gasteiger partial charge in [0, 0.05) is 24.3 Å². The smallest absolute Gasteiger partial charge is 0.123 e. The van der Waals surface area contributed by atoms with Crippen molar-refractivity contribution in [1.82, 2.24) is 5.32 Å². The van der Waals surface area contributed by atoms with Crippen LogP contribution in [0.25, 0.3) is 0 Å². The van der Waals surface area contributed by atoms with Crippen LogP contribution in [0, 0.1) is 5.82 Å². The summed E-state index contributed by atoms with van der Waals surface area (Å²) >= 11 is 4.13. The van der Waals surface area contributed by atoms with E-state index in [0.717, 1.165) is 24.4 Å². The van der Waals surface area contributed by atoms with E-state index in [4.69, 9.17) is 0 Å². The van der Waals surface area contributed by atoms with Crippen molar-refractivity contribution in [2.75, 3.05) is 18.8 Å². The molecule has 0 spiro atoms. The van der Waals surface area contributed by atoms with E-state index >= 15 is 0 Å². The summed E-state index contributed by atoms with van der Waals surface area (Å²) in [7, 11) is 0. The highest BCUT2D eigenvalue weighted by Crippen LogP contribution is 2.22. The maximum Gasteiger partial charge on any atom is 0.123 e. The lowest BCUT2D eigenvalue weighted by atomic mass is 9.84. The van der Waals surface area contributed by atoms with E-state index in [1.807, 2.05) is 6.07 Å². The van der Waals surface area contributed by atoms with Gasteiger partial charge in [0.1, 0.15) is 5.82 Å². The number of hydrogen-bond acceptors (Lipinski definition) is 2. The molecule has 0 aliphatic carbocycles. The molecular formula is C12H18FNS. The van der Waals surface area contributed by atoms with E-state index < -0.39 is 0 Å². The lowest BCUT2D eigenvalue weighted by Gasteiger charge is -2.25. The minimum absolute atomic E-state index is 0.0505. The molecule has 1 aromatic carbocycles. The van der Waals surface area contributed by atoms with Crippen LogP contribution in [-0.4, -0.2) is 18.8 Å². The predicted molar refractivity (Wildman–Crippen MR) is 66.1 cm³/mol. The average molecular weight is 227 g/mol. The summed E-state index contributed by atoms with van der Waals surface area (Å²) < 4.78 is 13.1. The Morgan fingerprint density at radius 2 is 2.13 bits per heavy atom.